The Labute approximate surface area is 117 Å². The van der Waals surface area contributed by atoms with Crippen molar-refractivity contribution < 1.29 is 0 Å². The van der Waals surface area contributed by atoms with Crippen LogP contribution in [0.3, 0.4) is 0 Å². The van der Waals surface area contributed by atoms with Crippen LogP contribution in [0.1, 0.15) is 53.3 Å². The molecule has 1 aromatic heterocycles. The molecule has 0 atom stereocenters. The molecular formula is C15H28N4. The van der Waals surface area contributed by atoms with Crippen molar-refractivity contribution >= 4 is 11.6 Å². The van der Waals surface area contributed by atoms with Gasteiger partial charge in [-0.15, -0.1) is 0 Å². The van der Waals surface area contributed by atoms with E-state index in [1.54, 1.807) is 0 Å². The molecule has 0 aliphatic heterocycles. The summed E-state index contributed by atoms with van der Waals surface area (Å²) in [5.41, 5.74) is 5.92. The quantitative estimate of drug-likeness (QED) is 0.856. The monoisotopic (exact) mass is 264 g/mol. The summed E-state index contributed by atoms with van der Waals surface area (Å²) in [6, 6.07) is 1.89. The Balaban J connectivity index is 3.06. The molecule has 4 nitrogen and oxygen atoms in total. The molecule has 0 saturated heterocycles. The van der Waals surface area contributed by atoms with Gasteiger partial charge < -0.3 is 10.6 Å². The molecule has 0 aromatic carbocycles. The maximum atomic E-state index is 5.92. The molecule has 0 bridgehead atoms. The molecule has 0 spiro atoms. The third-order valence-electron chi connectivity index (χ3n) is 2.76. The van der Waals surface area contributed by atoms with Crippen molar-refractivity contribution in [1.29, 1.82) is 0 Å². The smallest absolute Gasteiger partial charge is 0.135 e. The van der Waals surface area contributed by atoms with Gasteiger partial charge in [0.2, 0.25) is 0 Å². The van der Waals surface area contributed by atoms with E-state index in [-0.39, 0.29) is 0 Å². The highest BCUT2D eigenvalue weighted by molar-refractivity contribution is 5.47. The van der Waals surface area contributed by atoms with Gasteiger partial charge in [0.1, 0.15) is 17.5 Å². The SMILES string of the molecule is CC(C)CN(CC(C)C)c1cc(N)nc(C(C)C)n1. The third kappa shape index (κ3) is 5.05. The van der Waals surface area contributed by atoms with E-state index in [4.69, 9.17) is 5.73 Å². The highest BCUT2D eigenvalue weighted by Crippen LogP contribution is 2.20. The van der Waals surface area contributed by atoms with Crippen molar-refractivity contribution in [2.75, 3.05) is 23.7 Å². The summed E-state index contributed by atoms with van der Waals surface area (Å²) in [5, 5.41) is 0. The normalized spacial score (nSPS) is 11.6. The van der Waals surface area contributed by atoms with Crippen LogP contribution >= 0.6 is 0 Å². The summed E-state index contributed by atoms with van der Waals surface area (Å²) >= 11 is 0. The average molecular weight is 264 g/mol. The van der Waals surface area contributed by atoms with Crippen LogP contribution < -0.4 is 10.6 Å². The number of nitrogen functional groups attached to an aromatic ring is 1. The van der Waals surface area contributed by atoms with Crippen LogP contribution in [-0.4, -0.2) is 23.1 Å². The van der Waals surface area contributed by atoms with Crippen LogP contribution in [0, 0.1) is 11.8 Å². The lowest BCUT2D eigenvalue weighted by Gasteiger charge is -2.28. The Bertz CT molecular complexity index is 389. The first-order chi connectivity index (χ1) is 8.79. The Morgan fingerprint density at radius 2 is 1.53 bits per heavy atom. The second kappa shape index (κ2) is 6.73. The molecule has 1 rings (SSSR count). The first kappa shape index (κ1) is 15.7. The summed E-state index contributed by atoms with van der Waals surface area (Å²) in [4.78, 5) is 11.3. The molecule has 1 heterocycles. The van der Waals surface area contributed by atoms with Crippen LogP contribution in [-0.2, 0) is 0 Å². The molecule has 0 amide bonds. The molecule has 4 heteroatoms. The summed E-state index contributed by atoms with van der Waals surface area (Å²) in [7, 11) is 0. The molecule has 0 unspecified atom stereocenters. The fourth-order valence-electron chi connectivity index (χ4n) is 2.03. The van der Waals surface area contributed by atoms with Gasteiger partial charge in [-0.05, 0) is 11.8 Å². The fourth-order valence-corrected chi connectivity index (χ4v) is 2.03. The van der Waals surface area contributed by atoms with Gasteiger partial charge >= 0.3 is 0 Å². The molecule has 0 radical (unpaired) electrons. The van der Waals surface area contributed by atoms with Gasteiger partial charge in [-0.1, -0.05) is 41.5 Å². The second-order valence-corrected chi connectivity index (χ2v) is 6.36. The van der Waals surface area contributed by atoms with Crippen molar-refractivity contribution in [3.63, 3.8) is 0 Å². The molecule has 108 valence electrons. The largest absolute Gasteiger partial charge is 0.384 e. The maximum absolute atomic E-state index is 5.92. The molecule has 0 saturated carbocycles. The van der Waals surface area contributed by atoms with E-state index in [1.807, 2.05) is 6.07 Å². The van der Waals surface area contributed by atoms with E-state index in [0.717, 1.165) is 24.7 Å². The summed E-state index contributed by atoms with van der Waals surface area (Å²) in [6.45, 7) is 15.1. The molecule has 0 aliphatic carbocycles. The number of rotatable bonds is 6. The van der Waals surface area contributed by atoms with E-state index < -0.39 is 0 Å². The topological polar surface area (TPSA) is 55.0 Å². The van der Waals surface area contributed by atoms with Gasteiger partial charge in [-0.25, -0.2) is 9.97 Å². The highest BCUT2D eigenvalue weighted by atomic mass is 15.2. The number of nitrogens with zero attached hydrogens (tertiary/aromatic N) is 3. The number of nitrogens with two attached hydrogens (primary N) is 1. The lowest BCUT2D eigenvalue weighted by atomic mass is 10.1. The zero-order valence-electron chi connectivity index (χ0n) is 13.1. The Kier molecular flexibility index (Phi) is 5.58. The minimum absolute atomic E-state index is 0.294. The standard InChI is InChI=1S/C15H28N4/c1-10(2)8-19(9-11(3)4)14-7-13(16)17-15(18-14)12(5)6/h7,10-12H,8-9H2,1-6H3,(H2,16,17,18). The molecule has 2 N–H and O–H groups in total. The van der Waals surface area contributed by atoms with Crippen LogP contribution in [0.2, 0.25) is 0 Å². The predicted molar refractivity (Wildman–Crippen MR) is 82.4 cm³/mol. The van der Waals surface area contributed by atoms with E-state index in [1.165, 1.54) is 0 Å². The molecular weight excluding hydrogens is 236 g/mol. The first-order valence-electron chi connectivity index (χ1n) is 7.19. The molecule has 19 heavy (non-hydrogen) atoms. The number of anilines is 2. The fraction of sp³-hybridized carbons (Fsp3) is 0.733. The molecule has 1 aromatic rings. The second-order valence-electron chi connectivity index (χ2n) is 6.36. The van der Waals surface area contributed by atoms with E-state index >= 15 is 0 Å². The lowest BCUT2D eigenvalue weighted by Crippen LogP contribution is -2.32. The third-order valence-corrected chi connectivity index (χ3v) is 2.76. The van der Waals surface area contributed by atoms with Gasteiger partial charge in [-0.2, -0.15) is 0 Å². The highest BCUT2D eigenvalue weighted by Gasteiger charge is 2.15. The van der Waals surface area contributed by atoms with Crippen LogP contribution in [0.4, 0.5) is 11.6 Å². The van der Waals surface area contributed by atoms with Gasteiger partial charge in [0, 0.05) is 25.1 Å². The van der Waals surface area contributed by atoms with Gasteiger partial charge in [0.25, 0.3) is 0 Å². The average Bonchev–Trinajstić information content (AvgIpc) is 2.25. The minimum atomic E-state index is 0.294. The summed E-state index contributed by atoms with van der Waals surface area (Å²) in [5.74, 6) is 3.83. The molecule has 0 fully saturated rings. The number of aromatic nitrogens is 2. The van der Waals surface area contributed by atoms with Crippen molar-refractivity contribution in [3.05, 3.63) is 11.9 Å². The van der Waals surface area contributed by atoms with Crippen LogP contribution in [0.5, 0.6) is 0 Å². The summed E-state index contributed by atoms with van der Waals surface area (Å²) in [6.07, 6.45) is 0. The van der Waals surface area contributed by atoms with Gasteiger partial charge in [0.05, 0.1) is 0 Å². The van der Waals surface area contributed by atoms with E-state index in [2.05, 4.69) is 56.4 Å². The summed E-state index contributed by atoms with van der Waals surface area (Å²) < 4.78 is 0. The van der Waals surface area contributed by atoms with E-state index in [0.29, 0.717) is 23.6 Å². The zero-order valence-corrected chi connectivity index (χ0v) is 13.1. The maximum Gasteiger partial charge on any atom is 0.135 e. The Morgan fingerprint density at radius 3 is 1.95 bits per heavy atom. The first-order valence-corrected chi connectivity index (χ1v) is 7.19. The Hall–Kier alpha value is -1.32. The van der Waals surface area contributed by atoms with E-state index in [9.17, 15) is 0 Å². The number of hydrogen-bond donors (Lipinski definition) is 1. The predicted octanol–water partition coefficient (Wildman–Crippen LogP) is 3.30. The van der Waals surface area contributed by atoms with Gasteiger partial charge in [-0.3, -0.25) is 0 Å². The van der Waals surface area contributed by atoms with Crippen molar-refractivity contribution in [2.45, 2.75) is 47.5 Å². The number of hydrogen-bond acceptors (Lipinski definition) is 4. The Morgan fingerprint density at radius 1 is 1.00 bits per heavy atom. The van der Waals surface area contributed by atoms with Crippen molar-refractivity contribution in [2.24, 2.45) is 11.8 Å². The van der Waals surface area contributed by atoms with Crippen LogP contribution in [0.15, 0.2) is 6.07 Å². The molecule has 0 aliphatic rings. The van der Waals surface area contributed by atoms with Crippen molar-refractivity contribution in [1.82, 2.24) is 9.97 Å². The van der Waals surface area contributed by atoms with Gasteiger partial charge in [0.15, 0.2) is 0 Å². The lowest BCUT2D eigenvalue weighted by molar-refractivity contribution is 0.547. The van der Waals surface area contributed by atoms with Crippen LogP contribution in [0.25, 0.3) is 0 Å². The van der Waals surface area contributed by atoms with Crippen molar-refractivity contribution in [3.8, 4) is 0 Å². The minimum Gasteiger partial charge on any atom is -0.384 e. The zero-order chi connectivity index (χ0) is 14.6.